The Bertz CT molecular complexity index is 545. The lowest BCUT2D eigenvalue weighted by Gasteiger charge is -2.21. The molecule has 0 aromatic carbocycles. The molecule has 0 spiro atoms. The maximum atomic E-state index is 11.6. The average molecular weight is 307 g/mol. The number of ether oxygens (including phenoxy) is 1. The van der Waals surface area contributed by atoms with Gasteiger partial charge >= 0.3 is 6.09 Å². The van der Waals surface area contributed by atoms with E-state index in [4.69, 9.17) is 4.74 Å². The first-order valence-corrected chi connectivity index (χ1v) is 7.20. The Morgan fingerprint density at radius 2 is 2.27 bits per heavy atom. The van der Waals surface area contributed by atoms with Crippen LogP contribution >= 0.6 is 0 Å². The number of hydrazone groups is 1. The normalized spacial score (nSPS) is 23.4. The Balaban J connectivity index is 1.88. The molecule has 0 saturated carbocycles. The van der Waals surface area contributed by atoms with Crippen molar-refractivity contribution in [3.8, 4) is 0 Å². The molecular weight excluding hydrogens is 286 g/mol. The van der Waals surface area contributed by atoms with E-state index in [1.807, 2.05) is 0 Å². The van der Waals surface area contributed by atoms with Crippen LogP contribution in [-0.2, 0) is 9.53 Å². The molecule has 0 aromatic rings. The summed E-state index contributed by atoms with van der Waals surface area (Å²) in [6.45, 7) is 6.03. The molecule has 2 rings (SSSR count). The Labute approximate surface area is 129 Å². The Morgan fingerprint density at radius 3 is 2.86 bits per heavy atom. The zero-order chi connectivity index (χ0) is 16.2. The summed E-state index contributed by atoms with van der Waals surface area (Å²) in [7, 11) is 0. The summed E-state index contributed by atoms with van der Waals surface area (Å²) < 4.78 is 5.11. The molecule has 3 N–H and O–H groups in total. The van der Waals surface area contributed by atoms with E-state index in [1.54, 1.807) is 33.1 Å². The van der Waals surface area contributed by atoms with Gasteiger partial charge in [0.25, 0.3) is 0 Å². The standard InChI is InChI=1S/C14H21N5O3/c1-14(2,3)22-13(21)17-12-16-8-10(18-19-12)7-9-5-4-6-15-11(9)20/h7-8,10,18H,4-6H2,1-3H3,(H,15,20)(H,17,19,21)/b9-7+. The van der Waals surface area contributed by atoms with Crippen molar-refractivity contribution in [2.45, 2.75) is 45.3 Å². The van der Waals surface area contributed by atoms with Crippen LogP contribution in [0.4, 0.5) is 4.79 Å². The highest BCUT2D eigenvalue weighted by atomic mass is 16.6. The van der Waals surface area contributed by atoms with Crippen molar-refractivity contribution in [3.05, 3.63) is 11.6 Å². The highest BCUT2D eigenvalue weighted by Gasteiger charge is 2.20. The third-order valence-electron chi connectivity index (χ3n) is 2.87. The van der Waals surface area contributed by atoms with Gasteiger partial charge < -0.3 is 10.1 Å². The largest absolute Gasteiger partial charge is 0.444 e. The molecule has 0 aromatic heterocycles. The molecule has 0 radical (unpaired) electrons. The number of carbonyl (C=O) groups is 2. The molecule has 1 saturated heterocycles. The lowest BCUT2D eigenvalue weighted by molar-refractivity contribution is -0.118. The summed E-state index contributed by atoms with van der Waals surface area (Å²) in [5.74, 6) is 0.0695. The van der Waals surface area contributed by atoms with Crippen molar-refractivity contribution in [3.63, 3.8) is 0 Å². The number of piperidine rings is 1. The minimum absolute atomic E-state index is 0.0527. The Hall–Kier alpha value is -2.38. The van der Waals surface area contributed by atoms with Crippen LogP contribution in [0.1, 0.15) is 33.6 Å². The van der Waals surface area contributed by atoms with Gasteiger partial charge in [0.15, 0.2) is 0 Å². The molecule has 1 atom stereocenters. The van der Waals surface area contributed by atoms with E-state index in [0.29, 0.717) is 12.1 Å². The van der Waals surface area contributed by atoms with Gasteiger partial charge in [0, 0.05) is 18.3 Å². The minimum atomic E-state index is -0.617. The second kappa shape index (κ2) is 6.59. The van der Waals surface area contributed by atoms with Crippen LogP contribution in [0.5, 0.6) is 0 Å². The summed E-state index contributed by atoms with van der Waals surface area (Å²) in [6, 6.07) is -0.275. The van der Waals surface area contributed by atoms with Crippen LogP contribution in [0, 0.1) is 0 Å². The first kappa shape index (κ1) is 16.0. The van der Waals surface area contributed by atoms with Crippen LogP contribution in [0.3, 0.4) is 0 Å². The molecule has 1 fully saturated rings. The number of aliphatic imine (C=N–C) groups is 1. The lowest BCUT2D eigenvalue weighted by atomic mass is 10.0. The zero-order valence-electron chi connectivity index (χ0n) is 13.0. The summed E-state index contributed by atoms with van der Waals surface area (Å²) in [5.41, 5.74) is 2.95. The van der Waals surface area contributed by atoms with Crippen molar-refractivity contribution in [1.82, 2.24) is 16.1 Å². The number of amides is 2. The molecule has 2 aliphatic rings. The van der Waals surface area contributed by atoms with Gasteiger partial charge in [-0.15, -0.1) is 5.10 Å². The van der Waals surface area contributed by atoms with E-state index in [0.717, 1.165) is 12.8 Å². The minimum Gasteiger partial charge on any atom is -0.444 e. The van der Waals surface area contributed by atoms with Gasteiger partial charge in [-0.3, -0.25) is 15.5 Å². The van der Waals surface area contributed by atoms with Crippen molar-refractivity contribution < 1.29 is 14.3 Å². The highest BCUT2D eigenvalue weighted by molar-refractivity contribution is 6.00. The number of alkyl carbamates (subject to hydrolysis) is 1. The topological polar surface area (TPSA) is 104 Å². The molecule has 2 aliphatic heterocycles. The lowest BCUT2D eigenvalue weighted by Crippen LogP contribution is -2.40. The predicted molar refractivity (Wildman–Crippen MR) is 82.5 cm³/mol. The number of nitrogens with one attached hydrogen (secondary N) is 3. The molecule has 2 amide bonds. The molecule has 0 aliphatic carbocycles. The predicted octanol–water partition coefficient (Wildman–Crippen LogP) is 0.661. The molecular formula is C14H21N5O3. The summed E-state index contributed by atoms with van der Waals surface area (Å²) in [6.07, 6.45) is 4.41. The number of hydrogen-bond acceptors (Lipinski definition) is 6. The van der Waals surface area contributed by atoms with E-state index < -0.39 is 11.7 Å². The molecule has 0 bridgehead atoms. The third-order valence-corrected chi connectivity index (χ3v) is 2.87. The van der Waals surface area contributed by atoms with E-state index >= 15 is 0 Å². The Kier molecular flexibility index (Phi) is 4.79. The van der Waals surface area contributed by atoms with Crippen LogP contribution in [0.25, 0.3) is 0 Å². The van der Waals surface area contributed by atoms with Crippen molar-refractivity contribution in [2.75, 3.05) is 6.54 Å². The third kappa shape index (κ3) is 4.87. The van der Waals surface area contributed by atoms with E-state index in [2.05, 4.69) is 26.2 Å². The second-order valence-corrected chi connectivity index (χ2v) is 6.05. The highest BCUT2D eigenvalue weighted by Crippen LogP contribution is 2.11. The monoisotopic (exact) mass is 307 g/mol. The fourth-order valence-corrected chi connectivity index (χ4v) is 1.97. The van der Waals surface area contributed by atoms with Crippen LogP contribution < -0.4 is 16.1 Å². The summed E-state index contributed by atoms with van der Waals surface area (Å²) >= 11 is 0. The maximum Gasteiger partial charge on any atom is 0.414 e. The van der Waals surface area contributed by atoms with E-state index in [9.17, 15) is 9.59 Å². The van der Waals surface area contributed by atoms with Gasteiger partial charge in [0.1, 0.15) is 5.60 Å². The number of nitrogens with zero attached hydrogens (tertiary/aromatic N) is 2. The number of guanidine groups is 1. The fraction of sp³-hybridized carbons (Fsp3) is 0.571. The molecule has 1 unspecified atom stereocenters. The van der Waals surface area contributed by atoms with Gasteiger partial charge in [-0.25, -0.2) is 9.79 Å². The van der Waals surface area contributed by atoms with E-state index in [-0.39, 0.29) is 17.9 Å². The van der Waals surface area contributed by atoms with Crippen LogP contribution in [-0.4, -0.2) is 42.4 Å². The molecule has 8 nitrogen and oxygen atoms in total. The summed E-state index contributed by atoms with van der Waals surface area (Å²) in [5, 5.41) is 9.18. The number of carbonyl (C=O) groups excluding carboxylic acids is 2. The molecule has 8 heteroatoms. The fourth-order valence-electron chi connectivity index (χ4n) is 1.97. The van der Waals surface area contributed by atoms with E-state index in [1.165, 1.54) is 0 Å². The number of hydrogen-bond donors (Lipinski definition) is 3. The Morgan fingerprint density at radius 1 is 1.50 bits per heavy atom. The maximum absolute atomic E-state index is 11.6. The van der Waals surface area contributed by atoms with Crippen molar-refractivity contribution in [1.29, 1.82) is 0 Å². The van der Waals surface area contributed by atoms with Crippen molar-refractivity contribution >= 4 is 24.2 Å². The zero-order valence-corrected chi connectivity index (χ0v) is 13.0. The van der Waals surface area contributed by atoms with Crippen molar-refractivity contribution in [2.24, 2.45) is 10.1 Å². The van der Waals surface area contributed by atoms with Gasteiger partial charge in [-0.2, -0.15) is 0 Å². The van der Waals surface area contributed by atoms with Crippen LogP contribution in [0.15, 0.2) is 21.7 Å². The second-order valence-electron chi connectivity index (χ2n) is 6.05. The van der Waals surface area contributed by atoms with Gasteiger partial charge in [-0.1, -0.05) is 0 Å². The SMILES string of the molecule is CC(C)(C)OC(=O)NC1=NNC(/C=C2\CCCNC2=O)C=N1. The number of rotatable bonds is 1. The first-order valence-electron chi connectivity index (χ1n) is 7.20. The van der Waals surface area contributed by atoms with Crippen LogP contribution in [0.2, 0.25) is 0 Å². The quantitative estimate of drug-likeness (QED) is 0.619. The smallest absolute Gasteiger partial charge is 0.414 e. The molecule has 2 heterocycles. The first-order chi connectivity index (χ1) is 10.3. The molecule has 22 heavy (non-hydrogen) atoms. The van der Waals surface area contributed by atoms with Gasteiger partial charge in [0.05, 0.1) is 6.04 Å². The summed E-state index contributed by atoms with van der Waals surface area (Å²) in [4.78, 5) is 27.3. The van der Waals surface area contributed by atoms with Gasteiger partial charge in [-0.05, 0) is 39.7 Å². The average Bonchev–Trinajstić information content (AvgIpc) is 2.41. The van der Waals surface area contributed by atoms with Gasteiger partial charge in [0.2, 0.25) is 11.9 Å². The molecule has 120 valence electrons.